The van der Waals surface area contributed by atoms with Crippen LogP contribution in [0.1, 0.15) is 41.3 Å². The molecule has 0 fully saturated rings. The molecule has 290 valence electrons. The first-order chi connectivity index (χ1) is 26.3. The second-order valence-corrected chi connectivity index (χ2v) is 15.0. The van der Waals surface area contributed by atoms with Crippen molar-refractivity contribution in [3.63, 3.8) is 0 Å². The number of carbonyl (C=O) groups excluding carboxylic acids is 5. The van der Waals surface area contributed by atoms with Crippen LogP contribution in [0.25, 0.3) is 0 Å². The number of benzene rings is 3. The van der Waals surface area contributed by atoms with Gasteiger partial charge in [-0.15, -0.1) is 11.3 Å². The first kappa shape index (κ1) is 42.4. The molecule has 0 saturated carbocycles. The van der Waals surface area contributed by atoms with Crippen molar-refractivity contribution in [2.75, 3.05) is 5.32 Å². The summed E-state index contributed by atoms with van der Waals surface area (Å²) in [5.74, 6) is -5.04. The molecule has 55 heavy (non-hydrogen) atoms. The Hall–Kier alpha value is -5.38. The average molecular weight is 835 g/mol. The summed E-state index contributed by atoms with van der Waals surface area (Å²) < 4.78 is 1.14. The van der Waals surface area contributed by atoms with E-state index in [-0.39, 0.29) is 24.9 Å². The van der Waals surface area contributed by atoms with Crippen molar-refractivity contribution in [2.24, 2.45) is 0 Å². The van der Waals surface area contributed by atoms with E-state index in [4.69, 9.17) is 0 Å². The van der Waals surface area contributed by atoms with E-state index in [0.717, 1.165) is 9.35 Å². The topological polar surface area (TPSA) is 203 Å². The van der Waals surface area contributed by atoms with Gasteiger partial charge in [-0.25, -0.2) is 4.79 Å². The highest BCUT2D eigenvalue weighted by atomic mass is 79.9. The second-order valence-electron chi connectivity index (χ2n) is 13.0. The van der Waals surface area contributed by atoms with Crippen molar-refractivity contribution in [2.45, 2.75) is 76.2 Å². The summed E-state index contributed by atoms with van der Waals surface area (Å²) >= 11 is 4.82. The fourth-order valence-electron chi connectivity index (χ4n) is 5.46. The number of fused-ring (bicyclic) bond motifs is 18. The molecule has 0 saturated heterocycles. The van der Waals surface area contributed by atoms with Crippen LogP contribution in [0.3, 0.4) is 0 Å². The van der Waals surface area contributed by atoms with E-state index in [1.165, 1.54) is 36.0 Å². The number of amides is 5. The van der Waals surface area contributed by atoms with E-state index in [1.807, 2.05) is 29.6 Å². The number of aryl methyl sites for hydroxylation is 2. The van der Waals surface area contributed by atoms with E-state index in [9.17, 15) is 39.0 Å². The van der Waals surface area contributed by atoms with Gasteiger partial charge in [-0.3, -0.25) is 24.0 Å². The SMILES string of the molecule is CC1NC(=O)[C@@H](CCc2cccs2)NC(=O)C[C@@H](O)C(=O)Nc2ccc(cc2)C[C@@H](C(=O)O)NC(=O)[C@@H](Cc2ccccc2)NC1=O.Cc1ccc(Br)cc1. The maximum atomic E-state index is 13.5. The maximum Gasteiger partial charge on any atom is 0.326 e. The molecule has 0 aliphatic carbocycles. The first-order valence-corrected chi connectivity index (χ1v) is 19.2. The number of nitrogens with one attached hydrogen (secondary N) is 5. The summed E-state index contributed by atoms with van der Waals surface area (Å²) in [5, 5.41) is 35.0. The Morgan fingerprint density at radius 1 is 0.764 bits per heavy atom. The molecule has 5 amide bonds. The predicted octanol–water partition coefficient (Wildman–Crippen LogP) is 3.67. The number of carboxylic acid groups (broad SMARTS) is 1. The molecule has 13 nitrogen and oxygen atoms in total. The summed E-state index contributed by atoms with van der Waals surface area (Å²) in [6.45, 7) is 3.49. The molecular weight excluding hydrogens is 790 g/mol. The smallest absolute Gasteiger partial charge is 0.326 e. The van der Waals surface area contributed by atoms with Gasteiger partial charge in [0.2, 0.25) is 23.6 Å². The zero-order valence-corrected chi connectivity index (χ0v) is 32.7. The number of aliphatic hydroxyl groups is 1. The van der Waals surface area contributed by atoms with Gasteiger partial charge in [-0.2, -0.15) is 0 Å². The lowest BCUT2D eigenvalue weighted by atomic mass is 10.0. The molecule has 2 aliphatic rings. The number of anilines is 1. The number of aliphatic hydroxyl groups excluding tert-OH is 1. The van der Waals surface area contributed by atoms with E-state index in [0.29, 0.717) is 17.5 Å². The Kier molecular flexibility index (Phi) is 16.1. The molecule has 5 atom stereocenters. The molecule has 0 radical (unpaired) electrons. The number of carbonyl (C=O) groups is 6. The standard InChI is InChI=1S/C33H37N5O8S.C7H7Br/c1-19-29(41)37-25(16-20-6-3-2-4-7-20)31(43)38-26(33(45)46)17-21-9-11-22(12-10-21)35-32(44)27(39)18-28(40)36-24(30(42)34-19)14-13-23-8-5-15-47-23;1-6-2-4-7(8)5-3-6/h2-12,15,19,24-27,39H,13-14,16-18H2,1H3,(H,34,42)(H,35,44)(H,36,40)(H,37,41)(H,38,43)(H,45,46);2-5H,1H3/t19?,24-,25-,26+,27-;/m1./s1. The number of rotatable bonds is 6. The highest BCUT2D eigenvalue weighted by Gasteiger charge is 2.31. The highest BCUT2D eigenvalue weighted by molar-refractivity contribution is 9.10. The summed E-state index contributed by atoms with van der Waals surface area (Å²) in [6, 6.07) is 22.1. The van der Waals surface area contributed by atoms with Crippen LogP contribution in [-0.4, -0.2) is 76.0 Å². The molecule has 2 aliphatic heterocycles. The van der Waals surface area contributed by atoms with E-state index < -0.39 is 72.2 Å². The van der Waals surface area contributed by atoms with Crippen LogP contribution in [0.15, 0.2) is 101 Å². The van der Waals surface area contributed by atoms with Crippen molar-refractivity contribution in [3.05, 3.63) is 122 Å². The molecule has 3 aromatic carbocycles. The number of halogens is 1. The fraction of sp³-hybridized carbons (Fsp3) is 0.300. The van der Waals surface area contributed by atoms with Gasteiger partial charge < -0.3 is 36.8 Å². The summed E-state index contributed by atoms with van der Waals surface area (Å²) in [5.41, 5.74) is 2.81. The minimum atomic E-state index is -1.73. The molecule has 0 spiro atoms. The number of aliphatic carboxylic acids is 1. The highest BCUT2D eigenvalue weighted by Crippen LogP contribution is 2.15. The Balaban J connectivity index is 0.000000745. The molecule has 3 heterocycles. The number of hydrogen-bond acceptors (Lipinski definition) is 8. The van der Waals surface area contributed by atoms with Gasteiger partial charge in [-0.05, 0) is 73.5 Å². The quantitative estimate of drug-likeness (QED) is 0.143. The lowest BCUT2D eigenvalue weighted by Gasteiger charge is -2.25. The van der Waals surface area contributed by atoms with Gasteiger partial charge in [0, 0.05) is 27.9 Å². The van der Waals surface area contributed by atoms with Crippen LogP contribution in [0, 0.1) is 6.92 Å². The lowest BCUT2D eigenvalue weighted by Crippen LogP contribution is -2.57. The minimum absolute atomic E-state index is 0.0433. The van der Waals surface area contributed by atoms with Crippen molar-refractivity contribution >= 4 is 68.5 Å². The summed E-state index contributed by atoms with van der Waals surface area (Å²) in [7, 11) is 0. The van der Waals surface area contributed by atoms with E-state index in [1.54, 1.807) is 42.5 Å². The lowest BCUT2D eigenvalue weighted by molar-refractivity contribution is -0.142. The monoisotopic (exact) mass is 833 g/mol. The molecule has 6 rings (SSSR count). The summed E-state index contributed by atoms with van der Waals surface area (Å²) in [4.78, 5) is 78.8. The Morgan fingerprint density at radius 3 is 2.05 bits per heavy atom. The van der Waals surface area contributed by atoms with Crippen LogP contribution >= 0.6 is 27.3 Å². The second kappa shape index (κ2) is 20.9. The first-order valence-electron chi connectivity index (χ1n) is 17.6. The Bertz CT molecular complexity index is 1890. The molecular formula is C40H44BrN5O8S. The van der Waals surface area contributed by atoms with E-state index >= 15 is 0 Å². The van der Waals surface area contributed by atoms with Crippen molar-refractivity contribution < 1.29 is 39.0 Å². The summed E-state index contributed by atoms with van der Waals surface area (Å²) in [6.07, 6.45) is -1.83. The van der Waals surface area contributed by atoms with Crippen LogP contribution in [0.2, 0.25) is 0 Å². The van der Waals surface area contributed by atoms with Crippen molar-refractivity contribution in [3.8, 4) is 0 Å². The third-order valence-corrected chi connectivity index (χ3v) is 10.0. The van der Waals surface area contributed by atoms with Gasteiger partial charge in [0.25, 0.3) is 5.91 Å². The predicted molar refractivity (Wildman–Crippen MR) is 212 cm³/mol. The Morgan fingerprint density at radius 2 is 1.44 bits per heavy atom. The number of hydrogen-bond donors (Lipinski definition) is 7. The average Bonchev–Trinajstić information content (AvgIpc) is 3.68. The number of carboxylic acids is 1. The largest absolute Gasteiger partial charge is 0.480 e. The zero-order valence-electron chi connectivity index (χ0n) is 30.3. The normalized spacial score (nSPS) is 21.3. The minimum Gasteiger partial charge on any atom is -0.480 e. The van der Waals surface area contributed by atoms with Crippen LogP contribution in [-0.2, 0) is 48.0 Å². The molecule has 1 unspecified atom stereocenters. The molecule has 4 aromatic rings. The third-order valence-electron chi connectivity index (χ3n) is 8.55. The zero-order chi connectivity index (χ0) is 39.9. The molecule has 1 aromatic heterocycles. The van der Waals surface area contributed by atoms with Crippen LogP contribution in [0.4, 0.5) is 5.69 Å². The van der Waals surface area contributed by atoms with Gasteiger partial charge in [0.1, 0.15) is 30.3 Å². The van der Waals surface area contributed by atoms with Gasteiger partial charge >= 0.3 is 5.97 Å². The van der Waals surface area contributed by atoms with Crippen molar-refractivity contribution in [1.82, 2.24) is 21.3 Å². The van der Waals surface area contributed by atoms with Crippen LogP contribution in [0.5, 0.6) is 0 Å². The molecule has 15 heteroatoms. The van der Waals surface area contributed by atoms with Gasteiger partial charge in [0.15, 0.2) is 0 Å². The number of thiophene rings is 1. The van der Waals surface area contributed by atoms with Crippen LogP contribution < -0.4 is 26.6 Å². The van der Waals surface area contributed by atoms with Crippen molar-refractivity contribution in [1.29, 1.82) is 0 Å². The van der Waals surface area contributed by atoms with Gasteiger partial charge in [-0.1, -0.05) is 82.2 Å². The Labute approximate surface area is 331 Å². The maximum absolute atomic E-state index is 13.5. The van der Waals surface area contributed by atoms with Gasteiger partial charge in [0.05, 0.1) is 6.42 Å². The third kappa shape index (κ3) is 14.1. The fourth-order valence-corrected chi connectivity index (χ4v) is 6.45. The van der Waals surface area contributed by atoms with E-state index in [2.05, 4.69) is 61.6 Å². The molecule has 2 bridgehead atoms. The molecule has 7 N–H and O–H groups in total.